The molecule has 0 atom stereocenters. The van der Waals surface area contributed by atoms with Crippen LogP contribution < -0.4 is 15.6 Å². The molecular formula is C22H26N4O4S2. The Hall–Kier alpha value is -2.56. The largest absolute Gasteiger partial charge is 0.480 e. The highest BCUT2D eigenvalue weighted by Gasteiger charge is 2.22. The summed E-state index contributed by atoms with van der Waals surface area (Å²) in [5.41, 5.74) is 7.08. The van der Waals surface area contributed by atoms with E-state index in [2.05, 4.69) is 20.8 Å². The van der Waals surface area contributed by atoms with E-state index in [1.807, 2.05) is 13.0 Å². The molecule has 0 saturated carbocycles. The third-order valence-electron chi connectivity index (χ3n) is 5.49. The molecule has 0 aromatic carbocycles. The molecule has 4 rings (SSSR count). The third kappa shape index (κ3) is 4.62. The van der Waals surface area contributed by atoms with Gasteiger partial charge < -0.3 is 9.47 Å². The minimum atomic E-state index is -0.399. The standard InChI is InChI=1S/C22H26N4O4S2/c1-12-17-21(30-3)23-16(11-29-2)24-22(17)32-18(12)20(28)26-25-19(27)15-10-13-8-6-4-5-7-9-14(13)31-15/h10H,4-9,11H2,1-3H3,(H,25,27)(H,26,28). The maximum absolute atomic E-state index is 12.8. The summed E-state index contributed by atoms with van der Waals surface area (Å²) >= 11 is 2.75. The van der Waals surface area contributed by atoms with Gasteiger partial charge in [-0.25, -0.2) is 4.98 Å². The average molecular weight is 475 g/mol. The number of hydrogen-bond acceptors (Lipinski definition) is 8. The van der Waals surface area contributed by atoms with Crippen LogP contribution in [0, 0.1) is 6.92 Å². The fraction of sp³-hybridized carbons (Fsp3) is 0.455. The number of aryl methyl sites for hydroxylation is 3. The molecule has 2 amide bonds. The van der Waals surface area contributed by atoms with Crippen molar-refractivity contribution < 1.29 is 19.1 Å². The molecule has 0 unspecified atom stereocenters. The van der Waals surface area contributed by atoms with Crippen LogP contribution in [-0.2, 0) is 24.2 Å². The van der Waals surface area contributed by atoms with E-state index in [1.54, 1.807) is 7.11 Å². The zero-order valence-corrected chi connectivity index (χ0v) is 20.0. The summed E-state index contributed by atoms with van der Waals surface area (Å²) in [5, 5.41) is 0.687. The minimum absolute atomic E-state index is 0.242. The fourth-order valence-corrected chi connectivity index (χ4v) is 6.12. The summed E-state index contributed by atoms with van der Waals surface area (Å²) in [6.07, 6.45) is 6.84. The Morgan fingerprint density at radius 1 is 1.03 bits per heavy atom. The maximum atomic E-state index is 12.8. The number of fused-ring (bicyclic) bond motifs is 2. The lowest BCUT2D eigenvalue weighted by Crippen LogP contribution is -2.41. The number of hydrazine groups is 1. The molecule has 1 aliphatic rings. The van der Waals surface area contributed by atoms with E-state index in [9.17, 15) is 9.59 Å². The molecule has 1 aliphatic carbocycles. The van der Waals surface area contributed by atoms with E-state index in [4.69, 9.17) is 9.47 Å². The number of carbonyl (C=O) groups is 2. The first-order valence-corrected chi connectivity index (χ1v) is 12.2. The number of methoxy groups -OCH3 is 2. The Labute approximate surface area is 194 Å². The minimum Gasteiger partial charge on any atom is -0.480 e. The summed E-state index contributed by atoms with van der Waals surface area (Å²) in [4.78, 5) is 37.3. The zero-order chi connectivity index (χ0) is 22.7. The highest BCUT2D eigenvalue weighted by molar-refractivity contribution is 7.20. The number of carbonyl (C=O) groups excluding carboxylic acids is 2. The average Bonchev–Trinajstić information content (AvgIpc) is 3.32. The molecule has 8 nitrogen and oxygen atoms in total. The van der Waals surface area contributed by atoms with Gasteiger partial charge in [-0.1, -0.05) is 12.8 Å². The lowest BCUT2D eigenvalue weighted by molar-refractivity contribution is 0.0851. The van der Waals surface area contributed by atoms with Crippen LogP contribution in [-0.4, -0.2) is 36.0 Å². The number of nitrogens with one attached hydrogen (secondary N) is 2. The van der Waals surface area contributed by atoms with Gasteiger partial charge in [0.25, 0.3) is 11.8 Å². The number of thiophene rings is 2. The highest BCUT2D eigenvalue weighted by Crippen LogP contribution is 2.35. The molecule has 3 heterocycles. The Kier molecular flexibility index (Phi) is 7.02. The van der Waals surface area contributed by atoms with Crippen LogP contribution >= 0.6 is 22.7 Å². The maximum Gasteiger partial charge on any atom is 0.280 e. The zero-order valence-electron chi connectivity index (χ0n) is 18.4. The summed E-state index contributed by atoms with van der Waals surface area (Å²) in [5.74, 6) is 0.180. The van der Waals surface area contributed by atoms with E-state index in [0.717, 1.165) is 25.7 Å². The third-order valence-corrected chi connectivity index (χ3v) is 7.91. The second kappa shape index (κ2) is 9.93. The van der Waals surface area contributed by atoms with Gasteiger partial charge in [-0.3, -0.25) is 20.4 Å². The van der Waals surface area contributed by atoms with Crippen molar-refractivity contribution >= 4 is 44.7 Å². The van der Waals surface area contributed by atoms with Gasteiger partial charge in [0.15, 0.2) is 5.82 Å². The van der Waals surface area contributed by atoms with Gasteiger partial charge in [-0.2, -0.15) is 4.98 Å². The molecule has 0 spiro atoms. The highest BCUT2D eigenvalue weighted by atomic mass is 32.1. The van der Waals surface area contributed by atoms with Crippen LogP contribution in [0.1, 0.15) is 66.9 Å². The van der Waals surface area contributed by atoms with Crippen LogP contribution in [0.5, 0.6) is 5.88 Å². The van der Waals surface area contributed by atoms with Gasteiger partial charge in [0, 0.05) is 12.0 Å². The molecule has 0 radical (unpaired) electrons. The van der Waals surface area contributed by atoms with E-state index in [1.165, 1.54) is 53.1 Å². The van der Waals surface area contributed by atoms with Crippen LogP contribution in [0.4, 0.5) is 0 Å². The van der Waals surface area contributed by atoms with Crippen molar-refractivity contribution in [2.45, 2.75) is 52.1 Å². The van der Waals surface area contributed by atoms with E-state index in [0.29, 0.717) is 37.2 Å². The lowest BCUT2D eigenvalue weighted by atomic mass is 10.00. The van der Waals surface area contributed by atoms with Gasteiger partial charge in [0.05, 0.1) is 22.3 Å². The smallest absolute Gasteiger partial charge is 0.280 e. The predicted molar refractivity (Wildman–Crippen MR) is 125 cm³/mol. The monoisotopic (exact) mass is 474 g/mol. The van der Waals surface area contributed by atoms with Gasteiger partial charge in [0.2, 0.25) is 5.88 Å². The molecule has 32 heavy (non-hydrogen) atoms. The normalized spacial score (nSPS) is 13.8. The second-order valence-corrected chi connectivity index (χ2v) is 9.84. The van der Waals surface area contributed by atoms with Gasteiger partial charge in [-0.15, -0.1) is 22.7 Å². The number of aromatic nitrogens is 2. The summed E-state index contributed by atoms with van der Waals surface area (Å²) < 4.78 is 10.5. The Balaban J connectivity index is 1.50. The van der Waals surface area contributed by atoms with Crippen molar-refractivity contribution in [3.8, 4) is 5.88 Å². The first kappa shape index (κ1) is 22.6. The molecule has 0 bridgehead atoms. The van der Waals surface area contributed by atoms with Crippen molar-refractivity contribution in [2.75, 3.05) is 14.2 Å². The number of amides is 2. The van der Waals surface area contributed by atoms with E-state index in [-0.39, 0.29) is 12.5 Å². The van der Waals surface area contributed by atoms with Crippen molar-refractivity contribution in [3.63, 3.8) is 0 Å². The summed E-state index contributed by atoms with van der Waals surface area (Å²) in [6, 6.07) is 1.97. The summed E-state index contributed by atoms with van der Waals surface area (Å²) in [6.45, 7) is 2.06. The SMILES string of the molecule is COCc1nc(OC)c2c(C)c(C(=O)NNC(=O)c3cc4c(s3)CCCCCC4)sc2n1. The predicted octanol–water partition coefficient (Wildman–Crippen LogP) is 3.95. The Morgan fingerprint density at radius 2 is 1.78 bits per heavy atom. The van der Waals surface area contributed by atoms with Gasteiger partial charge >= 0.3 is 0 Å². The van der Waals surface area contributed by atoms with Crippen molar-refractivity contribution in [3.05, 3.63) is 37.6 Å². The molecule has 170 valence electrons. The van der Waals surface area contributed by atoms with E-state index < -0.39 is 5.91 Å². The fourth-order valence-electron chi connectivity index (χ4n) is 3.89. The Bertz CT molecular complexity index is 1130. The van der Waals surface area contributed by atoms with Gasteiger partial charge in [0.1, 0.15) is 11.4 Å². The molecule has 0 aliphatic heterocycles. The molecule has 10 heteroatoms. The quantitative estimate of drug-likeness (QED) is 0.543. The molecule has 0 saturated heterocycles. The number of rotatable bonds is 5. The van der Waals surface area contributed by atoms with Crippen LogP contribution in [0.3, 0.4) is 0 Å². The number of hydrogen-bond donors (Lipinski definition) is 2. The molecule has 3 aromatic heterocycles. The topological polar surface area (TPSA) is 102 Å². The number of nitrogens with zero attached hydrogens (tertiary/aromatic N) is 2. The van der Waals surface area contributed by atoms with Crippen molar-refractivity contribution in [1.82, 2.24) is 20.8 Å². The first-order valence-electron chi connectivity index (χ1n) is 10.6. The van der Waals surface area contributed by atoms with E-state index >= 15 is 0 Å². The van der Waals surface area contributed by atoms with Crippen LogP contribution in [0.15, 0.2) is 6.07 Å². The Morgan fingerprint density at radius 3 is 2.53 bits per heavy atom. The van der Waals surface area contributed by atoms with Crippen molar-refractivity contribution in [1.29, 1.82) is 0 Å². The van der Waals surface area contributed by atoms with Crippen LogP contribution in [0.2, 0.25) is 0 Å². The molecule has 2 N–H and O–H groups in total. The number of ether oxygens (including phenoxy) is 2. The lowest BCUT2D eigenvalue weighted by Gasteiger charge is -2.07. The molecule has 3 aromatic rings. The molecule has 0 fully saturated rings. The molecular weight excluding hydrogens is 448 g/mol. The van der Waals surface area contributed by atoms with Crippen LogP contribution in [0.25, 0.3) is 10.2 Å². The van der Waals surface area contributed by atoms with Gasteiger partial charge in [-0.05, 0) is 49.8 Å². The summed E-state index contributed by atoms with van der Waals surface area (Å²) in [7, 11) is 3.09. The second-order valence-electron chi connectivity index (χ2n) is 7.70. The van der Waals surface area contributed by atoms with Crippen molar-refractivity contribution in [2.24, 2.45) is 0 Å². The first-order chi connectivity index (χ1) is 15.5.